The smallest absolute Gasteiger partial charge is 0.410 e. The van der Waals surface area contributed by atoms with Crippen LogP contribution in [0.5, 0.6) is 5.75 Å². The van der Waals surface area contributed by atoms with Gasteiger partial charge in [0.05, 0.1) is 13.2 Å². The fourth-order valence-corrected chi connectivity index (χ4v) is 4.38. The molecule has 0 bridgehead atoms. The van der Waals surface area contributed by atoms with Crippen molar-refractivity contribution in [2.24, 2.45) is 0 Å². The molecule has 2 aromatic carbocycles. The minimum absolute atomic E-state index is 0.156. The van der Waals surface area contributed by atoms with Crippen LogP contribution in [-0.4, -0.2) is 30.6 Å². The van der Waals surface area contributed by atoms with Gasteiger partial charge in [-0.05, 0) is 42.7 Å². The maximum atomic E-state index is 12.5. The topological polar surface area (TPSA) is 74.3 Å². The zero-order valence-electron chi connectivity index (χ0n) is 16.7. The van der Waals surface area contributed by atoms with Crippen molar-refractivity contribution in [3.05, 3.63) is 65.2 Å². The summed E-state index contributed by atoms with van der Waals surface area (Å²) in [4.78, 5) is 14.0. The monoisotopic (exact) mass is 419 g/mol. The van der Waals surface area contributed by atoms with E-state index in [1.807, 2.05) is 42.5 Å². The standard InChI is InChI=1S/C21H26NO6P/c1-3-27-29(24,28-4-2)16-26-20-11-10-18-13-22(14-19(18)12-20)21(23)25-15-17-8-6-5-7-9-17/h5-12H,3-4,13-16H2,1-2H3. The molecular weight excluding hydrogens is 393 g/mol. The van der Waals surface area contributed by atoms with Crippen LogP contribution in [0.2, 0.25) is 0 Å². The molecule has 1 aliphatic heterocycles. The Kier molecular flexibility index (Phi) is 7.31. The number of hydrogen-bond donors (Lipinski definition) is 0. The number of hydrogen-bond acceptors (Lipinski definition) is 6. The lowest BCUT2D eigenvalue weighted by Crippen LogP contribution is -2.25. The lowest BCUT2D eigenvalue weighted by atomic mass is 10.1. The van der Waals surface area contributed by atoms with E-state index in [9.17, 15) is 9.36 Å². The molecule has 0 radical (unpaired) electrons. The van der Waals surface area contributed by atoms with Crippen molar-refractivity contribution in [3.63, 3.8) is 0 Å². The SMILES string of the molecule is CCOP(=O)(COc1ccc2c(c1)CN(C(=O)OCc1ccccc1)C2)OCC. The summed E-state index contributed by atoms with van der Waals surface area (Å²) < 4.78 is 34.0. The Morgan fingerprint density at radius 3 is 2.38 bits per heavy atom. The average molecular weight is 419 g/mol. The fraction of sp³-hybridized carbons (Fsp3) is 0.381. The molecule has 0 N–H and O–H groups in total. The third-order valence-corrected chi connectivity index (χ3v) is 6.15. The van der Waals surface area contributed by atoms with E-state index in [1.54, 1.807) is 24.8 Å². The van der Waals surface area contributed by atoms with E-state index >= 15 is 0 Å². The lowest BCUT2D eigenvalue weighted by molar-refractivity contribution is 0.0955. The number of ether oxygens (including phenoxy) is 2. The molecule has 7 nitrogen and oxygen atoms in total. The van der Waals surface area contributed by atoms with Gasteiger partial charge in [0.2, 0.25) is 0 Å². The van der Waals surface area contributed by atoms with Crippen molar-refractivity contribution >= 4 is 13.7 Å². The Labute approximate surface area is 171 Å². The molecule has 0 saturated carbocycles. The molecule has 0 unspecified atom stereocenters. The highest BCUT2D eigenvalue weighted by Crippen LogP contribution is 2.48. The minimum atomic E-state index is -3.28. The van der Waals surface area contributed by atoms with Gasteiger partial charge in [-0.25, -0.2) is 4.79 Å². The van der Waals surface area contributed by atoms with Crippen LogP contribution in [-0.2, 0) is 38.0 Å². The molecule has 1 heterocycles. The molecule has 1 aliphatic rings. The summed E-state index contributed by atoms with van der Waals surface area (Å²) in [5, 5.41) is 0. The quantitative estimate of drug-likeness (QED) is 0.536. The van der Waals surface area contributed by atoms with Crippen LogP contribution in [0.3, 0.4) is 0 Å². The first kappa shape index (κ1) is 21.4. The van der Waals surface area contributed by atoms with Crippen LogP contribution in [0.15, 0.2) is 48.5 Å². The second-order valence-corrected chi connectivity index (χ2v) is 8.54. The van der Waals surface area contributed by atoms with Crippen LogP contribution in [0, 0.1) is 0 Å². The molecule has 0 spiro atoms. The van der Waals surface area contributed by atoms with Gasteiger partial charge in [-0.15, -0.1) is 0 Å². The average Bonchev–Trinajstić information content (AvgIpc) is 3.15. The zero-order chi connectivity index (χ0) is 20.7. The maximum Gasteiger partial charge on any atom is 0.410 e. The molecule has 29 heavy (non-hydrogen) atoms. The van der Waals surface area contributed by atoms with Gasteiger partial charge in [0, 0.05) is 13.1 Å². The highest BCUT2D eigenvalue weighted by Gasteiger charge is 2.27. The Bertz CT molecular complexity index is 863. The van der Waals surface area contributed by atoms with Gasteiger partial charge in [0.1, 0.15) is 12.4 Å². The van der Waals surface area contributed by atoms with Crippen molar-refractivity contribution < 1.29 is 27.9 Å². The molecule has 0 fully saturated rings. The molecule has 156 valence electrons. The van der Waals surface area contributed by atoms with Crippen molar-refractivity contribution in [3.8, 4) is 5.75 Å². The predicted octanol–water partition coefficient (Wildman–Crippen LogP) is 4.94. The fourth-order valence-electron chi connectivity index (χ4n) is 3.06. The van der Waals surface area contributed by atoms with E-state index in [0.717, 1.165) is 16.7 Å². The van der Waals surface area contributed by atoms with Gasteiger partial charge < -0.3 is 18.5 Å². The van der Waals surface area contributed by atoms with E-state index in [4.69, 9.17) is 18.5 Å². The van der Waals surface area contributed by atoms with Gasteiger partial charge in [-0.2, -0.15) is 0 Å². The van der Waals surface area contributed by atoms with Crippen LogP contribution in [0.25, 0.3) is 0 Å². The number of nitrogens with zero attached hydrogens (tertiary/aromatic N) is 1. The summed E-state index contributed by atoms with van der Waals surface area (Å²) in [5.41, 5.74) is 2.95. The number of benzene rings is 2. The van der Waals surface area contributed by atoms with E-state index in [2.05, 4.69) is 0 Å². The van der Waals surface area contributed by atoms with Crippen LogP contribution in [0.4, 0.5) is 4.79 Å². The van der Waals surface area contributed by atoms with Crippen LogP contribution < -0.4 is 4.74 Å². The Balaban J connectivity index is 1.56. The first-order valence-electron chi connectivity index (χ1n) is 9.61. The minimum Gasteiger partial charge on any atom is -0.481 e. The molecular formula is C21H26NO6P. The van der Waals surface area contributed by atoms with Crippen LogP contribution in [0.1, 0.15) is 30.5 Å². The van der Waals surface area contributed by atoms with Crippen molar-refractivity contribution in [2.45, 2.75) is 33.5 Å². The highest BCUT2D eigenvalue weighted by atomic mass is 31.2. The van der Waals surface area contributed by atoms with Gasteiger partial charge in [0.15, 0.2) is 6.35 Å². The van der Waals surface area contributed by atoms with Gasteiger partial charge in [0.25, 0.3) is 0 Å². The molecule has 0 aromatic heterocycles. The van der Waals surface area contributed by atoms with E-state index in [0.29, 0.717) is 18.8 Å². The second kappa shape index (κ2) is 9.92. The number of rotatable bonds is 9. The summed E-state index contributed by atoms with van der Waals surface area (Å²) in [6.45, 7) is 5.24. The Morgan fingerprint density at radius 1 is 1.00 bits per heavy atom. The third-order valence-electron chi connectivity index (χ3n) is 4.40. The van der Waals surface area contributed by atoms with Gasteiger partial charge >= 0.3 is 13.7 Å². The maximum absolute atomic E-state index is 12.5. The Morgan fingerprint density at radius 2 is 1.69 bits per heavy atom. The summed E-state index contributed by atoms with van der Waals surface area (Å²) in [6, 6.07) is 15.1. The van der Waals surface area contributed by atoms with Gasteiger partial charge in [-0.3, -0.25) is 9.46 Å². The molecule has 0 atom stereocenters. The lowest BCUT2D eigenvalue weighted by Gasteiger charge is -2.17. The second-order valence-electron chi connectivity index (χ2n) is 6.55. The number of amides is 1. The number of carbonyl (C=O) groups excluding carboxylic acids is 1. The van der Waals surface area contributed by atoms with Crippen molar-refractivity contribution in [2.75, 3.05) is 19.6 Å². The predicted molar refractivity (Wildman–Crippen MR) is 109 cm³/mol. The Hall–Kier alpha value is -2.34. The molecule has 3 rings (SSSR count). The molecule has 0 aliphatic carbocycles. The van der Waals surface area contributed by atoms with Gasteiger partial charge in [-0.1, -0.05) is 36.4 Å². The van der Waals surface area contributed by atoms with E-state index in [-0.39, 0.29) is 32.3 Å². The number of fused-ring (bicyclic) bond motifs is 1. The molecule has 1 amide bonds. The largest absolute Gasteiger partial charge is 0.481 e. The first-order valence-corrected chi connectivity index (χ1v) is 11.3. The molecule has 0 saturated heterocycles. The van der Waals surface area contributed by atoms with Crippen molar-refractivity contribution in [1.29, 1.82) is 0 Å². The summed E-state index contributed by atoms with van der Waals surface area (Å²) >= 11 is 0. The third kappa shape index (κ3) is 5.82. The van der Waals surface area contributed by atoms with Crippen molar-refractivity contribution in [1.82, 2.24) is 4.90 Å². The van der Waals surface area contributed by atoms with Crippen LogP contribution >= 0.6 is 7.60 Å². The van der Waals surface area contributed by atoms with E-state index in [1.165, 1.54) is 0 Å². The highest BCUT2D eigenvalue weighted by molar-refractivity contribution is 7.53. The van der Waals surface area contributed by atoms with E-state index < -0.39 is 7.60 Å². The zero-order valence-corrected chi connectivity index (χ0v) is 17.6. The summed E-state index contributed by atoms with van der Waals surface area (Å²) in [6.07, 6.45) is -0.513. The molecule has 2 aromatic rings. The first-order chi connectivity index (χ1) is 14.0. The summed E-state index contributed by atoms with van der Waals surface area (Å²) in [7, 11) is -3.28. The normalized spacial score (nSPS) is 13.2. The summed E-state index contributed by atoms with van der Waals surface area (Å²) in [5.74, 6) is 0.558. The number of carbonyl (C=O) groups is 1. The molecule has 8 heteroatoms.